The van der Waals surface area contributed by atoms with Gasteiger partial charge in [0.2, 0.25) is 0 Å². The van der Waals surface area contributed by atoms with Crippen LogP contribution in [0.5, 0.6) is 0 Å². The highest BCUT2D eigenvalue weighted by atomic mass is 32.2. The smallest absolute Gasteiger partial charge is 0.316 e. The van der Waals surface area contributed by atoms with Crippen molar-refractivity contribution in [3.63, 3.8) is 0 Å². The predicted octanol–water partition coefficient (Wildman–Crippen LogP) is 3.88. The fraction of sp³-hybridized carbons (Fsp3) is 0.600. The van der Waals surface area contributed by atoms with E-state index in [1.165, 1.54) is 23.7 Å². The molecule has 138 valence electrons. The normalized spacial score (nSPS) is 23.1. The Bertz CT molecular complexity index is 617. The van der Waals surface area contributed by atoms with E-state index in [0.717, 1.165) is 23.3 Å². The van der Waals surface area contributed by atoms with Gasteiger partial charge in [0, 0.05) is 10.9 Å². The molecule has 0 aromatic heterocycles. The van der Waals surface area contributed by atoms with Gasteiger partial charge in [-0.1, -0.05) is 44.4 Å². The van der Waals surface area contributed by atoms with Crippen LogP contribution < -0.4 is 5.32 Å². The second-order valence-electron chi connectivity index (χ2n) is 7.16. The van der Waals surface area contributed by atoms with Crippen LogP contribution in [0, 0.1) is 25.7 Å². The van der Waals surface area contributed by atoms with Gasteiger partial charge in [-0.05, 0) is 43.7 Å². The minimum Gasteiger partial charge on any atom is -0.455 e. The highest BCUT2D eigenvalue weighted by Gasteiger charge is 2.28. The van der Waals surface area contributed by atoms with Gasteiger partial charge in [0.1, 0.15) is 0 Å². The van der Waals surface area contributed by atoms with Gasteiger partial charge in [-0.15, -0.1) is 11.8 Å². The maximum absolute atomic E-state index is 12.0. The first kappa shape index (κ1) is 19.8. The number of benzene rings is 1. The summed E-state index contributed by atoms with van der Waals surface area (Å²) in [5.41, 5.74) is 2.35. The van der Waals surface area contributed by atoms with Crippen molar-refractivity contribution in [2.24, 2.45) is 11.8 Å². The topological polar surface area (TPSA) is 55.4 Å². The molecule has 0 radical (unpaired) electrons. The second-order valence-corrected chi connectivity index (χ2v) is 8.18. The van der Waals surface area contributed by atoms with Gasteiger partial charge >= 0.3 is 5.97 Å². The zero-order chi connectivity index (χ0) is 18.4. The van der Waals surface area contributed by atoms with Crippen molar-refractivity contribution in [3.8, 4) is 0 Å². The lowest BCUT2D eigenvalue weighted by Gasteiger charge is -2.34. The molecule has 0 aliphatic heterocycles. The zero-order valence-corrected chi connectivity index (χ0v) is 16.4. The van der Waals surface area contributed by atoms with Crippen LogP contribution in [0.4, 0.5) is 0 Å². The number of carbonyl (C=O) groups excluding carboxylic acids is 2. The molecule has 25 heavy (non-hydrogen) atoms. The SMILES string of the molecule is Cc1ccc(SCC(=O)OCC(=O)N[C@@H]2CCC[C@@H](C)[C@@H]2C)c(C)c1. The summed E-state index contributed by atoms with van der Waals surface area (Å²) in [6.45, 7) is 8.29. The van der Waals surface area contributed by atoms with E-state index >= 15 is 0 Å². The van der Waals surface area contributed by atoms with Gasteiger partial charge in [0.25, 0.3) is 5.91 Å². The largest absolute Gasteiger partial charge is 0.455 e. The molecular formula is C20H29NO3S. The van der Waals surface area contributed by atoms with Gasteiger partial charge < -0.3 is 10.1 Å². The van der Waals surface area contributed by atoms with E-state index in [4.69, 9.17) is 4.74 Å². The van der Waals surface area contributed by atoms with Crippen LogP contribution in [0.15, 0.2) is 23.1 Å². The lowest BCUT2D eigenvalue weighted by Crippen LogP contribution is -2.45. The van der Waals surface area contributed by atoms with Crippen molar-refractivity contribution in [2.45, 2.75) is 57.9 Å². The highest BCUT2D eigenvalue weighted by Crippen LogP contribution is 2.29. The Kier molecular flexibility index (Phi) is 7.36. The third kappa shape index (κ3) is 6.07. The molecule has 1 N–H and O–H groups in total. The number of hydrogen-bond donors (Lipinski definition) is 1. The van der Waals surface area contributed by atoms with Crippen molar-refractivity contribution < 1.29 is 14.3 Å². The van der Waals surface area contributed by atoms with Crippen LogP contribution in [0.2, 0.25) is 0 Å². The molecule has 0 heterocycles. The molecule has 1 saturated carbocycles. The highest BCUT2D eigenvalue weighted by molar-refractivity contribution is 8.00. The third-order valence-electron chi connectivity index (χ3n) is 5.09. The number of rotatable bonds is 6. The second kappa shape index (κ2) is 9.27. The van der Waals surface area contributed by atoms with E-state index in [1.54, 1.807) is 0 Å². The van der Waals surface area contributed by atoms with Crippen LogP contribution in [0.25, 0.3) is 0 Å². The van der Waals surface area contributed by atoms with Crippen LogP contribution in [0.3, 0.4) is 0 Å². The summed E-state index contributed by atoms with van der Waals surface area (Å²) in [6.07, 6.45) is 3.37. The first-order chi connectivity index (χ1) is 11.9. The summed E-state index contributed by atoms with van der Waals surface area (Å²) in [5, 5.41) is 3.02. The summed E-state index contributed by atoms with van der Waals surface area (Å²) in [5.74, 6) is 0.749. The fourth-order valence-corrected chi connectivity index (χ4v) is 4.13. The van der Waals surface area contributed by atoms with Gasteiger partial charge in [-0.25, -0.2) is 0 Å². The standard InChI is InChI=1S/C20H29NO3S/c1-13-8-9-18(15(3)10-13)25-12-20(23)24-11-19(22)21-17-7-5-6-14(2)16(17)4/h8-10,14,16-17H,5-7,11-12H2,1-4H3,(H,21,22)/t14-,16+,17-/m1/s1. The maximum Gasteiger partial charge on any atom is 0.316 e. The molecule has 1 fully saturated rings. The maximum atomic E-state index is 12.0. The van der Waals surface area contributed by atoms with Crippen LogP contribution in [0.1, 0.15) is 44.2 Å². The summed E-state index contributed by atoms with van der Waals surface area (Å²) in [4.78, 5) is 25.0. The number of carbonyl (C=O) groups is 2. The minimum absolute atomic E-state index is 0.191. The van der Waals surface area contributed by atoms with E-state index in [0.29, 0.717) is 11.8 Å². The van der Waals surface area contributed by atoms with Crippen molar-refractivity contribution >= 4 is 23.6 Å². The van der Waals surface area contributed by atoms with Gasteiger partial charge in [0.15, 0.2) is 6.61 Å². The predicted molar refractivity (Wildman–Crippen MR) is 102 cm³/mol. The van der Waals surface area contributed by atoms with E-state index < -0.39 is 0 Å². The third-order valence-corrected chi connectivity index (χ3v) is 6.24. The molecular weight excluding hydrogens is 334 g/mol. The number of hydrogen-bond acceptors (Lipinski definition) is 4. The molecule has 0 unspecified atom stereocenters. The van der Waals surface area contributed by atoms with Crippen LogP contribution >= 0.6 is 11.8 Å². The first-order valence-electron chi connectivity index (χ1n) is 9.02. The van der Waals surface area contributed by atoms with Crippen molar-refractivity contribution in [2.75, 3.05) is 12.4 Å². The molecule has 3 atom stereocenters. The Hall–Kier alpha value is -1.49. The van der Waals surface area contributed by atoms with Gasteiger partial charge in [-0.3, -0.25) is 9.59 Å². The Balaban J connectivity index is 1.71. The van der Waals surface area contributed by atoms with Crippen LogP contribution in [-0.2, 0) is 14.3 Å². The summed E-state index contributed by atoms with van der Waals surface area (Å²) in [6, 6.07) is 6.33. The molecule has 1 aliphatic rings. The van der Waals surface area contributed by atoms with Crippen molar-refractivity contribution in [1.82, 2.24) is 5.32 Å². The number of aryl methyl sites for hydroxylation is 2. The van der Waals surface area contributed by atoms with E-state index in [2.05, 4.69) is 25.2 Å². The zero-order valence-electron chi connectivity index (χ0n) is 15.6. The number of thioether (sulfide) groups is 1. The molecule has 4 nitrogen and oxygen atoms in total. The van der Waals surface area contributed by atoms with Crippen LogP contribution in [-0.4, -0.2) is 30.3 Å². The lowest BCUT2D eigenvalue weighted by molar-refractivity contribution is -0.146. The average Bonchev–Trinajstić information content (AvgIpc) is 2.56. The minimum atomic E-state index is -0.356. The first-order valence-corrected chi connectivity index (χ1v) is 10.0. The summed E-state index contributed by atoms with van der Waals surface area (Å²) < 4.78 is 5.12. The Morgan fingerprint density at radius 1 is 1.24 bits per heavy atom. The van der Waals surface area contributed by atoms with Gasteiger partial charge in [0.05, 0.1) is 5.75 Å². The van der Waals surface area contributed by atoms with Gasteiger partial charge in [-0.2, -0.15) is 0 Å². The van der Waals surface area contributed by atoms with E-state index in [1.807, 2.05) is 26.0 Å². The number of amides is 1. The monoisotopic (exact) mass is 363 g/mol. The molecule has 5 heteroatoms. The number of esters is 1. The molecule has 2 rings (SSSR count). The molecule has 1 aromatic carbocycles. The average molecular weight is 364 g/mol. The quantitative estimate of drug-likeness (QED) is 0.615. The molecule has 0 spiro atoms. The molecule has 0 saturated heterocycles. The Labute approximate surface area is 155 Å². The number of ether oxygens (including phenoxy) is 1. The lowest BCUT2D eigenvalue weighted by atomic mass is 9.78. The van der Waals surface area contributed by atoms with Crippen molar-refractivity contribution in [3.05, 3.63) is 29.3 Å². The summed E-state index contributed by atoms with van der Waals surface area (Å²) in [7, 11) is 0. The Morgan fingerprint density at radius 3 is 2.72 bits per heavy atom. The van der Waals surface area contributed by atoms with Crippen molar-refractivity contribution in [1.29, 1.82) is 0 Å². The van der Waals surface area contributed by atoms with E-state index in [9.17, 15) is 9.59 Å². The summed E-state index contributed by atoms with van der Waals surface area (Å²) >= 11 is 1.45. The Morgan fingerprint density at radius 2 is 2.00 bits per heavy atom. The molecule has 1 amide bonds. The molecule has 1 aromatic rings. The molecule has 0 bridgehead atoms. The molecule has 1 aliphatic carbocycles. The fourth-order valence-electron chi connectivity index (χ4n) is 3.32. The number of nitrogens with one attached hydrogen (secondary N) is 1. The van der Waals surface area contributed by atoms with E-state index in [-0.39, 0.29) is 30.3 Å².